The van der Waals surface area contributed by atoms with Crippen molar-refractivity contribution in [3.05, 3.63) is 47.7 Å². The fourth-order valence-corrected chi connectivity index (χ4v) is 4.91. The van der Waals surface area contributed by atoms with E-state index in [0.717, 1.165) is 6.26 Å². The number of hydrogen-bond donors (Lipinski definition) is 5. The lowest BCUT2D eigenvalue weighted by molar-refractivity contribution is -0.342. The first kappa shape index (κ1) is 24.6. The Hall–Kier alpha value is -2.54. The molecular formula is C23H28O11. The lowest BCUT2D eigenvalue weighted by atomic mass is 9.83. The van der Waals surface area contributed by atoms with Crippen molar-refractivity contribution in [2.24, 2.45) is 17.8 Å². The van der Waals surface area contributed by atoms with Crippen LogP contribution in [0.1, 0.15) is 23.7 Å². The molecule has 34 heavy (non-hydrogen) atoms. The van der Waals surface area contributed by atoms with Gasteiger partial charge in [0.2, 0.25) is 6.29 Å². The molecule has 186 valence electrons. The van der Waals surface area contributed by atoms with E-state index in [1.165, 1.54) is 0 Å². The number of carbonyl (C=O) groups is 2. The van der Waals surface area contributed by atoms with E-state index in [4.69, 9.17) is 18.9 Å². The van der Waals surface area contributed by atoms with Crippen LogP contribution in [0.25, 0.3) is 0 Å². The highest BCUT2D eigenvalue weighted by Gasteiger charge is 2.54. The lowest BCUT2D eigenvalue weighted by Gasteiger charge is -2.43. The van der Waals surface area contributed by atoms with Crippen molar-refractivity contribution in [2.75, 3.05) is 6.61 Å². The van der Waals surface area contributed by atoms with Gasteiger partial charge < -0.3 is 44.5 Å². The first-order chi connectivity index (χ1) is 16.2. The average molecular weight is 480 g/mol. The molecule has 1 saturated heterocycles. The van der Waals surface area contributed by atoms with Crippen LogP contribution in [0.5, 0.6) is 0 Å². The minimum atomic E-state index is -1.65. The first-order valence-corrected chi connectivity index (χ1v) is 11.0. The van der Waals surface area contributed by atoms with Gasteiger partial charge >= 0.3 is 11.9 Å². The van der Waals surface area contributed by atoms with Gasteiger partial charge in [-0.2, -0.15) is 0 Å². The smallest absolute Gasteiger partial charge is 0.338 e. The molecule has 1 aliphatic carbocycles. The molecule has 0 spiro atoms. The van der Waals surface area contributed by atoms with E-state index >= 15 is 0 Å². The van der Waals surface area contributed by atoms with E-state index < -0.39 is 79.4 Å². The van der Waals surface area contributed by atoms with Gasteiger partial charge in [-0.25, -0.2) is 9.59 Å². The van der Waals surface area contributed by atoms with Gasteiger partial charge in [0.05, 0.1) is 24.0 Å². The molecule has 0 aromatic heterocycles. The maximum absolute atomic E-state index is 12.6. The number of carboxylic acid groups (broad SMARTS) is 1. The quantitative estimate of drug-likeness (QED) is 0.336. The Labute approximate surface area is 195 Å². The second-order valence-electron chi connectivity index (χ2n) is 8.80. The molecule has 0 unspecified atom stereocenters. The highest BCUT2D eigenvalue weighted by Crippen LogP contribution is 2.48. The molecule has 0 bridgehead atoms. The molecule has 11 heteroatoms. The van der Waals surface area contributed by atoms with Crippen LogP contribution in [0.2, 0.25) is 0 Å². The van der Waals surface area contributed by atoms with Crippen LogP contribution in [0, 0.1) is 17.8 Å². The van der Waals surface area contributed by atoms with Crippen molar-refractivity contribution < 1.29 is 54.1 Å². The fraction of sp³-hybridized carbons (Fsp3) is 0.565. The summed E-state index contributed by atoms with van der Waals surface area (Å²) in [6.07, 6.45) is -7.92. The molecule has 4 rings (SSSR count). The fourth-order valence-electron chi connectivity index (χ4n) is 4.91. The zero-order chi connectivity index (χ0) is 24.6. The van der Waals surface area contributed by atoms with Crippen molar-refractivity contribution in [2.45, 2.75) is 56.4 Å². The Balaban J connectivity index is 1.53. The summed E-state index contributed by atoms with van der Waals surface area (Å²) in [4.78, 5) is 24.4. The summed E-state index contributed by atoms with van der Waals surface area (Å²) in [5.74, 6) is -3.27. The molecule has 0 radical (unpaired) electrons. The number of hydrogen-bond acceptors (Lipinski definition) is 10. The Bertz CT molecular complexity index is 917. The molecule has 2 heterocycles. The van der Waals surface area contributed by atoms with Crippen LogP contribution < -0.4 is 0 Å². The van der Waals surface area contributed by atoms with Crippen molar-refractivity contribution in [3.63, 3.8) is 0 Å². The second-order valence-corrected chi connectivity index (χ2v) is 8.80. The largest absolute Gasteiger partial charge is 0.478 e. The molecule has 2 fully saturated rings. The standard InChI is InChI=1S/C23H28O11/c1-10-14(32-21(30)11-5-3-2-4-6-11)7-12-13(20(28)29)9-31-22(16(10)12)34-23-19(27)18(26)17(25)15(8-24)33-23/h2-6,9-10,12,14-19,22-27H,7-8H2,1H3,(H,28,29)/t10-,12+,14-,15+,16+,17+,18-,19+,22-,23-/m0/s1. The Kier molecular flexibility index (Phi) is 7.22. The monoisotopic (exact) mass is 480 g/mol. The summed E-state index contributed by atoms with van der Waals surface area (Å²) in [7, 11) is 0. The highest BCUT2D eigenvalue weighted by atomic mass is 16.8. The number of aliphatic hydroxyl groups is 4. The molecule has 1 aromatic carbocycles. The number of carboxylic acids is 1. The average Bonchev–Trinajstić information content (AvgIpc) is 3.15. The number of esters is 1. The summed E-state index contributed by atoms with van der Waals surface area (Å²) in [6.45, 7) is 1.16. The van der Waals surface area contributed by atoms with Gasteiger partial charge in [-0.1, -0.05) is 25.1 Å². The summed E-state index contributed by atoms with van der Waals surface area (Å²) < 4.78 is 22.4. The van der Waals surface area contributed by atoms with Crippen molar-refractivity contribution in [1.82, 2.24) is 0 Å². The van der Waals surface area contributed by atoms with E-state index in [1.54, 1.807) is 37.3 Å². The molecule has 10 atom stereocenters. The summed E-state index contributed by atoms with van der Waals surface area (Å²) in [6, 6.07) is 8.42. The summed E-state index contributed by atoms with van der Waals surface area (Å²) >= 11 is 0. The topological polar surface area (TPSA) is 172 Å². The van der Waals surface area contributed by atoms with E-state index in [2.05, 4.69) is 0 Å². The van der Waals surface area contributed by atoms with Crippen LogP contribution in [0.15, 0.2) is 42.2 Å². The lowest BCUT2D eigenvalue weighted by Crippen LogP contribution is -2.60. The highest BCUT2D eigenvalue weighted by molar-refractivity contribution is 5.89. The van der Waals surface area contributed by atoms with Crippen LogP contribution in [-0.2, 0) is 23.7 Å². The van der Waals surface area contributed by atoms with E-state index in [9.17, 15) is 35.1 Å². The first-order valence-electron chi connectivity index (χ1n) is 11.0. The molecular weight excluding hydrogens is 452 g/mol. The maximum Gasteiger partial charge on any atom is 0.338 e. The van der Waals surface area contributed by atoms with Crippen LogP contribution in [0.4, 0.5) is 0 Å². The summed E-state index contributed by atoms with van der Waals surface area (Å²) in [5, 5.41) is 49.4. The molecule has 5 N–H and O–H groups in total. The van der Waals surface area contributed by atoms with Crippen LogP contribution in [-0.4, -0.2) is 87.2 Å². The Morgan fingerprint density at radius 2 is 1.76 bits per heavy atom. The third-order valence-corrected chi connectivity index (χ3v) is 6.82. The Morgan fingerprint density at radius 1 is 1.06 bits per heavy atom. The van der Waals surface area contributed by atoms with E-state index in [0.29, 0.717) is 5.56 Å². The van der Waals surface area contributed by atoms with Gasteiger partial charge in [-0.3, -0.25) is 0 Å². The number of carbonyl (C=O) groups excluding carboxylic acids is 1. The van der Waals surface area contributed by atoms with E-state index in [-0.39, 0.29) is 12.0 Å². The summed E-state index contributed by atoms with van der Waals surface area (Å²) in [5.41, 5.74) is 0.368. The SMILES string of the molecule is C[C@@H]1[C@H]2[C@H](O[C@@H]3O[C@H](CO)[C@@H](O)[C@H](O)[C@H]3O)OC=C(C(=O)O)[C@H]2C[C@@H]1OC(=O)c1ccccc1. The third kappa shape index (κ3) is 4.54. The predicted octanol–water partition coefficient (Wildman–Crippen LogP) is -0.374. The zero-order valence-electron chi connectivity index (χ0n) is 18.3. The Morgan fingerprint density at radius 3 is 2.41 bits per heavy atom. The van der Waals surface area contributed by atoms with Gasteiger partial charge in [-0.15, -0.1) is 0 Å². The van der Waals surface area contributed by atoms with E-state index in [1.807, 2.05) is 0 Å². The van der Waals surface area contributed by atoms with Gasteiger partial charge in [0.15, 0.2) is 6.29 Å². The number of rotatable bonds is 6. The van der Waals surface area contributed by atoms with Crippen LogP contribution in [0.3, 0.4) is 0 Å². The number of benzene rings is 1. The molecule has 11 nitrogen and oxygen atoms in total. The molecule has 1 aromatic rings. The number of ether oxygens (including phenoxy) is 4. The van der Waals surface area contributed by atoms with Gasteiger partial charge in [-0.05, 0) is 18.6 Å². The molecule has 2 aliphatic heterocycles. The van der Waals surface area contributed by atoms with Gasteiger partial charge in [0.1, 0.15) is 30.5 Å². The van der Waals surface area contributed by atoms with Crippen molar-refractivity contribution >= 4 is 11.9 Å². The number of fused-ring (bicyclic) bond motifs is 1. The second kappa shape index (κ2) is 9.98. The normalized spacial score (nSPS) is 39.5. The number of aliphatic hydroxyl groups excluding tert-OH is 4. The number of aliphatic carboxylic acids is 1. The molecule has 1 saturated carbocycles. The van der Waals surface area contributed by atoms with Gasteiger partial charge in [0.25, 0.3) is 0 Å². The maximum atomic E-state index is 12.6. The third-order valence-electron chi connectivity index (χ3n) is 6.82. The predicted molar refractivity (Wildman–Crippen MR) is 112 cm³/mol. The van der Waals surface area contributed by atoms with Gasteiger partial charge in [0, 0.05) is 17.8 Å². The van der Waals surface area contributed by atoms with Crippen molar-refractivity contribution in [1.29, 1.82) is 0 Å². The van der Waals surface area contributed by atoms with Crippen molar-refractivity contribution in [3.8, 4) is 0 Å². The molecule has 3 aliphatic rings. The minimum absolute atomic E-state index is 0.00348. The molecule has 0 amide bonds. The minimum Gasteiger partial charge on any atom is -0.478 e. The van der Waals surface area contributed by atoms with Crippen LogP contribution >= 0.6 is 0 Å². The zero-order valence-corrected chi connectivity index (χ0v) is 18.3.